The van der Waals surface area contributed by atoms with E-state index >= 15 is 0 Å². The lowest BCUT2D eigenvalue weighted by Crippen LogP contribution is -2.52. The zero-order valence-electron chi connectivity index (χ0n) is 19.3. The Morgan fingerprint density at radius 2 is 1.85 bits per heavy atom. The van der Waals surface area contributed by atoms with E-state index in [0.29, 0.717) is 16.1 Å². The second-order valence-corrected chi connectivity index (χ2v) is 12.8. The van der Waals surface area contributed by atoms with Crippen molar-refractivity contribution in [1.29, 1.82) is 0 Å². The van der Waals surface area contributed by atoms with Crippen LogP contribution in [-0.2, 0) is 30.5 Å². The molecule has 0 N–H and O–H groups in total. The number of esters is 1. The number of hydrogen-bond acceptors (Lipinski definition) is 7. The van der Waals surface area contributed by atoms with E-state index in [2.05, 4.69) is 4.98 Å². The number of aromatic nitrogens is 1. The minimum absolute atomic E-state index is 0.00601. The minimum Gasteiger partial charge on any atom is -0.459 e. The highest BCUT2D eigenvalue weighted by Crippen LogP contribution is 2.41. The number of halogens is 3. The molecule has 1 aliphatic rings. The van der Waals surface area contributed by atoms with Crippen LogP contribution >= 0.6 is 11.3 Å². The summed E-state index contributed by atoms with van der Waals surface area (Å²) in [4.78, 5) is 17.9. The largest absolute Gasteiger partial charge is 0.459 e. The molecule has 1 aliphatic heterocycles. The molecule has 0 bridgehead atoms. The predicted octanol–water partition coefficient (Wildman–Crippen LogP) is 5.01. The van der Waals surface area contributed by atoms with Gasteiger partial charge in [-0.1, -0.05) is 6.07 Å². The van der Waals surface area contributed by atoms with Crippen LogP contribution in [0.2, 0.25) is 0 Å². The summed E-state index contributed by atoms with van der Waals surface area (Å²) in [6, 6.07) is 6.24. The molecule has 0 unspecified atom stereocenters. The zero-order chi connectivity index (χ0) is 25.2. The molecule has 0 saturated carbocycles. The molecule has 0 atom stereocenters. The third-order valence-corrected chi connectivity index (χ3v) is 9.56. The molecule has 1 saturated heterocycles. The molecule has 6 nitrogen and oxygen atoms in total. The van der Waals surface area contributed by atoms with Crippen LogP contribution < -0.4 is 0 Å². The fourth-order valence-electron chi connectivity index (χ4n) is 3.56. The number of carbonyl (C=O) groups excluding carboxylic acids is 1. The van der Waals surface area contributed by atoms with Crippen molar-refractivity contribution in [3.8, 4) is 10.6 Å². The van der Waals surface area contributed by atoms with Gasteiger partial charge in [-0.3, -0.25) is 9.78 Å². The SMILES string of the molecule is CC(C)(C)OC(=O)C1(S(=O)(=O)c2ccc(-c3ccc(CCC(F)(F)CF)cn3)s2)CCOCC1. The quantitative estimate of drug-likeness (QED) is 0.456. The maximum Gasteiger partial charge on any atom is 0.328 e. The van der Waals surface area contributed by atoms with Crippen molar-refractivity contribution in [2.75, 3.05) is 19.9 Å². The fraction of sp³-hybridized carbons (Fsp3) is 0.565. The Bertz CT molecular complexity index is 1100. The van der Waals surface area contributed by atoms with Gasteiger partial charge in [0, 0.05) is 38.7 Å². The first-order valence-corrected chi connectivity index (χ1v) is 13.1. The Kier molecular flexibility index (Phi) is 7.79. The van der Waals surface area contributed by atoms with Crippen LogP contribution in [0.25, 0.3) is 10.6 Å². The van der Waals surface area contributed by atoms with E-state index < -0.39 is 45.2 Å². The number of pyridine rings is 1. The van der Waals surface area contributed by atoms with Gasteiger partial charge in [0.2, 0.25) is 9.84 Å². The highest BCUT2D eigenvalue weighted by molar-refractivity contribution is 7.95. The lowest BCUT2D eigenvalue weighted by atomic mass is 9.99. The van der Waals surface area contributed by atoms with E-state index in [1.54, 1.807) is 39.0 Å². The number of rotatable bonds is 8. The summed E-state index contributed by atoms with van der Waals surface area (Å²) >= 11 is 0.979. The Hall–Kier alpha value is -1.98. The number of nitrogens with zero attached hydrogens (tertiary/aromatic N) is 1. The summed E-state index contributed by atoms with van der Waals surface area (Å²) in [5, 5.41) is 0. The monoisotopic (exact) mass is 519 g/mol. The van der Waals surface area contributed by atoms with E-state index in [9.17, 15) is 26.4 Å². The van der Waals surface area contributed by atoms with Crippen LogP contribution in [0.1, 0.15) is 45.6 Å². The average molecular weight is 520 g/mol. The average Bonchev–Trinajstić information content (AvgIpc) is 3.28. The number of thiophene rings is 1. The normalized spacial score (nSPS) is 16.9. The van der Waals surface area contributed by atoms with Crippen molar-refractivity contribution in [3.05, 3.63) is 36.0 Å². The van der Waals surface area contributed by atoms with Gasteiger partial charge >= 0.3 is 5.97 Å². The van der Waals surface area contributed by atoms with Gasteiger partial charge in [0.25, 0.3) is 5.92 Å². The molecular weight excluding hydrogens is 491 g/mol. The summed E-state index contributed by atoms with van der Waals surface area (Å²) in [5.74, 6) is -4.16. The van der Waals surface area contributed by atoms with Crippen molar-refractivity contribution in [1.82, 2.24) is 4.98 Å². The second-order valence-electron chi connectivity index (χ2n) is 9.27. The van der Waals surface area contributed by atoms with Crippen LogP contribution in [0.15, 0.2) is 34.7 Å². The third kappa shape index (κ3) is 5.80. The first-order chi connectivity index (χ1) is 15.8. The Morgan fingerprint density at radius 3 is 2.41 bits per heavy atom. The van der Waals surface area contributed by atoms with Crippen LogP contribution in [0, 0.1) is 0 Å². The van der Waals surface area contributed by atoms with Crippen molar-refractivity contribution in [2.45, 2.75) is 66.9 Å². The van der Waals surface area contributed by atoms with Gasteiger partial charge in [-0.05, 0) is 51.0 Å². The Labute approximate surface area is 201 Å². The lowest BCUT2D eigenvalue weighted by molar-refractivity contribution is -0.160. The van der Waals surface area contributed by atoms with Gasteiger partial charge in [-0.15, -0.1) is 11.3 Å². The fourth-order valence-corrected chi connectivity index (χ4v) is 7.06. The zero-order valence-corrected chi connectivity index (χ0v) is 20.9. The predicted molar refractivity (Wildman–Crippen MR) is 123 cm³/mol. The van der Waals surface area contributed by atoms with Gasteiger partial charge in [0.05, 0.1) is 10.6 Å². The number of aryl methyl sites for hydroxylation is 1. The van der Waals surface area contributed by atoms with Crippen LogP contribution in [0.3, 0.4) is 0 Å². The van der Waals surface area contributed by atoms with Gasteiger partial charge in [0.1, 0.15) is 9.81 Å². The molecule has 2 aromatic rings. The number of carbonyl (C=O) groups is 1. The molecule has 2 aromatic heterocycles. The molecule has 188 valence electrons. The molecule has 0 radical (unpaired) electrons. The highest BCUT2D eigenvalue weighted by Gasteiger charge is 2.55. The molecule has 0 aliphatic carbocycles. The molecule has 3 rings (SSSR count). The number of sulfone groups is 1. The third-order valence-electron chi connectivity index (χ3n) is 5.48. The van der Waals surface area contributed by atoms with Crippen molar-refractivity contribution >= 4 is 27.1 Å². The summed E-state index contributed by atoms with van der Waals surface area (Å²) < 4.78 is 75.0. The van der Waals surface area contributed by atoms with Crippen molar-refractivity contribution in [2.24, 2.45) is 0 Å². The molecule has 0 spiro atoms. The van der Waals surface area contributed by atoms with Crippen molar-refractivity contribution in [3.63, 3.8) is 0 Å². The second kappa shape index (κ2) is 9.94. The van der Waals surface area contributed by atoms with Gasteiger partial charge in [0.15, 0.2) is 11.4 Å². The molecule has 11 heteroatoms. The maximum atomic E-state index is 13.7. The first kappa shape index (κ1) is 26.6. The topological polar surface area (TPSA) is 82.6 Å². The molecule has 0 aromatic carbocycles. The number of hydrogen-bond donors (Lipinski definition) is 0. The van der Waals surface area contributed by atoms with E-state index in [0.717, 1.165) is 11.3 Å². The minimum atomic E-state index is -4.10. The standard InChI is InChI=1S/C23H28F3NO5S2/c1-21(2,3)32-20(28)22(10-12-31-13-11-22)34(29,30)19-7-6-18(33-19)17-5-4-16(14-27-17)8-9-23(25,26)15-24/h4-7,14H,8-13,15H2,1-3H3. The van der Waals surface area contributed by atoms with E-state index in [4.69, 9.17) is 9.47 Å². The maximum absolute atomic E-state index is 13.7. The summed E-state index contributed by atoms with van der Waals surface area (Å²) in [5.41, 5.74) is 0.135. The first-order valence-electron chi connectivity index (χ1n) is 10.8. The van der Waals surface area contributed by atoms with Crippen LogP contribution in [0.4, 0.5) is 13.2 Å². The lowest BCUT2D eigenvalue weighted by Gasteiger charge is -2.36. The van der Waals surface area contributed by atoms with E-state index in [1.165, 1.54) is 12.3 Å². The number of ether oxygens (including phenoxy) is 2. The summed E-state index contributed by atoms with van der Waals surface area (Å²) in [6.07, 6.45) is 0.747. The molecule has 34 heavy (non-hydrogen) atoms. The summed E-state index contributed by atoms with van der Waals surface area (Å²) in [7, 11) is -4.10. The molecule has 0 amide bonds. The van der Waals surface area contributed by atoms with Crippen LogP contribution in [0.5, 0.6) is 0 Å². The smallest absolute Gasteiger partial charge is 0.328 e. The van der Waals surface area contributed by atoms with E-state index in [1.807, 2.05) is 0 Å². The van der Waals surface area contributed by atoms with Gasteiger partial charge < -0.3 is 9.47 Å². The van der Waals surface area contributed by atoms with Gasteiger partial charge in [-0.25, -0.2) is 21.6 Å². The molecule has 3 heterocycles. The van der Waals surface area contributed by atoms with Crippen LogP contribution in [-0.4, -0.2) is 55.5 Å². The molecule has 1 fully saturated rings. The van der Waals surface area contributed by atoms with Gasteiger partial charge in [-0.2, -0.15) is 0 Å². The van der Waals surface area contributed by atoms with Crippen molar-refractivity contribution < 1.29 is 35.9 Å². The Morgan fingerprint density at radius 1 is 1.18 bits per heavy atom. The highest BCUT2D eigenvalue weighted by atomic mass is 32.2. The summed E-state index contributed by atoms with van der Waals surface area (Å²) in [6.45, 7) is 3.59. The van der Waals surface area contributed by atoms with E-state index in [-0.39, 0.29) is 36.7 Å². The Balaban J connectivity index is 1.85. The molecular formula is C23H28F3NO5S2. The number of alkyl halides is 3.